The fourth-order valence-corrected chi connectivity index (χ4v) is 9.48. The summed E-state index contributed by atoms with van der Waals surface area (Å²) < 4.78 is 62.5. The van der Waals surface area contributed by atoms with Gasteiger partial charge in [-0.1, -0.05) is 32.1 Å². The molecule has 1 aliphatic heterocycles. The first-order chi connectivity index (χ1) is 31.4. The van der Waals surface area contributed by atoms with E-state index in [-0.39, 0.29) is 52.5 Å². The van der Waals surface area contributed by atoms with Gasteiger partial charge in [-0.3, -0.25) is 14.6 Å². The number of aliphatic hydroxyl groups is 2. The minimum Gasteiger partial charge on any atom is -0.371 e. The first-order valence-electron chi connectivity index (χ1n) is 21.1. The highest BCUT2D eigenvalue weighted by molar-refractivity contribution is 7.91. The van der Waals surface area contributed by atoms with Gasteiger partial charge in [0.2, 0.25) is 22.2 Å². The molecule has 6 N–H and O–H groups in total. The third-order valence-corrected chi connectivity index (χ3v) is 13.0. The van der Waals surface area contributed by atoms with Crippen LogP contribution >= 0.6 is 0 Å². The molecule has 8 rings (SSSR count). The Labute approximate surface area is 380 Å². The number of fused-ring (bicyclic) bond motifs is 2. The van der Waals surface area contributed by atoms with E-state index in [1.54, 1.807) is 58.5 Å². The summed E-state index contributed by atoms with van der Waals surface area (Å²) in [5.41, 5.74) is 2.43. The quantitative estimate of drug-likeness (QED) is 0.0324. The molecule has 3 aromatic carbocycles. The lowest BCUT2D eigenvalue weighted by Gasteiger charge is -2.52. The number of nitrogens with zero attached hydrogens (tertiary/aromatic N) is 9. The second-order valence-electron chi connectivity index (χ2n) is 16.8. The molecule has 0 spiro atoms. The molecule has 1 amide bonds. The average molecular weight is 926 g/mol. The van der Waals surface area contributed by atoms with Crippen molar-refractivity contribution in [3.63, 3.8) is 0 Å². The molecular formula is C45H53F2N13O5S. The van der Waals surface area contributed by atoms with Crippen LogP contribution in [-0.4, -0.2) is 108 Å². The van der Waals surface area contributed by atoms with Gasteiger partial charge in [0.25, 0.3) is 5.91 Å². The van der Waals surface area contributed by atoms with Crippen molar-refractivity contribution >= 4 is 55.9 Å². The Bertz CT molecular complexity index is 2980. The number of hydrogen-bond donors (Lipinski definition) is 6. The number of sulfone groups is 1. The normalized spacial score (nSPS) is 14.3. The van der Waals surface area contributed by atoms with E-state index in [2.05, 4.69) is 66.7 Å². The average Bonchev–Trinajstić information content (AvgIpc) is 4.04. The Morgan fingerprint density at radius 3 is 2.50 bits per heavy atom. The number of nitrogens with one attached hydrogen (secondary N) is 4. The molecule has 7 aromatic rings. The molecule has 1 saturated heterocycles. The van der Waals surface area contributed by atoms with Crippen LogP contribution in [0.25, 0.3) is 27.8 Å². The molecule has 348 valence electrons. The summed E-state index contributed by atoms with van der Waals surface area (Å²) in [7, 11) is -0.963. The Morgan fingerprint density at radius 2 is 1.83 bits per heavy atom. The molecule has 0 unspecified atom stereocenters. The van der Waals surface area contributed by atoms with Crippen molar-refractivity contribution in [2.24, 2.45) is 13.0 Å². The van der Waals surface area contributed by atoms with Crippen LogP contribution in [-0.2, 0) is 34.0 Å². The van der Waals surface area contributed by atoms with E-state index in [0.29, 0.717) is 53.1 Å². The minimum atomic E-state index is -4.35. The maximum atomic E-state index is 16.0. The van der Waals surface area contributed by atoms with Crippen LogP contribution in [0.4, 0.5) is 31.9 Å². The summed E-state index contributed by atoms with van der Waals surface area (Å²) in [5.74, 6) is -3.04. The molecule has 4 aromatic heterocycles. The fourth-order valence-electron chi connectivity index (χ4n) is 8.16. The van der Waals surface area contributed by atoms with E-state index >= 15 is 8.78 Å². The van der Waals surface area contributed by atoms with Crippen LogP contribution in [0, 0.1) is 17.6 Å². The number of aryl methyl sites for hydroxylation is 1. The van der Waals surface area contributed by atoms with E-state index in [0.717, 1.165) is 23.6 Å². The van der Waals surface area contributed by atoms with Crippen LogP contribution in [0.5, 0.6) is 0 Å². The maximum absolute atomic E-state index is 16.0. The first kappa shape index (κ1) is 47.2. The summed E-state index contributed by atoms with van der Waals surface area (Å²) in [6.45, 7) is 12.4. The third-order valence-electron chi connectivity index (χ3n) is 11.3. The largest absolute Gasteiger partial charge is 0.371 e. The zero-order valence-corrected chi connectivity index (χ0v) is 38.2. The lowest BCUT2D eigenvalue weighted by Crippen LogP contribution is -2.66. The molecule has 0 atom stereocenters. The Balaban J connectivity index is 0.000000858. The van der Waals surface area contributed by atoms with Crippen molar-refractivity contribution in [1.29, 1.82) is 0 Å². The lowest BCUT2D eigenvalue weighted by molar-refractivity contribution is -0.301. The van der Waals surface area contributed by atoms with Crippen molar-refractivity contribution < 1.29 is 32.2 Å². The molecule has 0 radical (unpaired) electrons. The summed E-state index contributed by atoms with van der Waals surface area (Å²) in [6.07, 6.45) is 8.85. The number of rotatable bonds is 15. The number of hydrogen-bond acceptors (Lipinski definition) is 14. The van der Waals surface area contributed by atoms with E-state index in [9.17, 15) is 23.4 Å². The number of piperazine rings is 1. The molecule has 66 heavy (non-hydrogen) atoms. The molecule has 18 nitrogen and oxygen atoms in total. The highest BCUT2D eigenvalue weighted by Gasteiger charge is 2.47. The number of carbonyl (C=O) groups is 1. The van der Waals surface area contributed by atoms with Gasteiger partial charge in [-0.25, -0.2) is 31.6 Å². The predicted octanol–water partition coefficient (Wildman–Crippen LogP) is 5.50. The number of benzene rings is 3. The van der Waals surface area contributed by atoms with Crippen LogP contribution in [0.3, 0.4) is 0 Å². The highest BCUT2D eigenvalue weighted by Crippen LogP contribution is 2.38. The van der Waals surface area contributed by atoms with Gasteiger partial charge in [0.15, 0.2) is 17.3 Å². The Morgan fingerprint density at radius 1 is 1.06 bits per heavy atom. The smallest absolute Gasteiger partial charge is 0.253 e. The minimum absolute atomic E-state index is 0.0593. The number of aromatic nitrogens is 8. The van der Waals surface area contributed by atoms with Crippen LogP contribution in [0.1, 0.15) is 45.2 Å². The molecule has 5 heterocycles. The summed E-state index contributed by atoms with van der Waals surface area (Å²) in [4.78, 5) is 21.4. The number of amides is 1. The van der Waals surface area contributed by atoms with Crippen molar-refractivity contribution in [2.75, 3.05) is 48.8 Å². The summed E-state index contributed by atoms with van der Waals surface area (Å²) >= 11 is 0. The van der Waals surface area contributed by atoms with Gasteiger partial charge in [-0.2, -0.15) is 15.2 Å². The molecule has 21 heteroatoms. The monoisotopic (exact) mass is 925 g/mol. The Kier molecular flexibility index (Phi) is 13.5. The number of anilines is 4. The van der Waals surface area contributed by atoms with Gasteiger partial charge in [0.1, 0.15) is 17.7 Å². The number of halogens is 2. The van der Waals surface area contributed by atoms with Gasteiger partial charge in [-0.05, 0) is 75.1 Å². The third kappa shape index (κ3) is 9.32. The predicted molar refractivity (Wildman–Crippen MR) is 247 cm³/mol. The van der Waals surface area contributed by atoms with Gasteiger partial charge in [-0.15, -0.1) is 11.7 Å². The zero-order chi connectivity index (χ0) is 47.6. The second-order valence-corrected chi connectivity index (χ2v) is 18.8. The van der Waals surface area contributed by atoms with Crippen molar-refractivity contribution in [1.82, 2.24) is 49.8 Å². The van der Waals surface area contributed by atoms with Gasteiger partial charge in [0.05, 0.1) is 33.1 Å². The first-order valence-corrected chi connectivity index (χ1v) is 22.6. The topological polar surface area (TPSA) is 224 Å². The second kappa shape index (κ2) is 19.0. The lowest BCUT2D eigenvalue weighted by atomic mass is 9.95. The molecule has 0 aliphatic carbocycles. The summed E-state index contributed by atoms with van der Waals surface area (Å²) in [6, 6.07) is 12.2. The van der Waals surface area contributed by atoms with Gasteiger partial charge >= 0.3 is 0 Å². The molecule has 1 fully saturated rings. The highest BCUT2D eigenvalue weighted by atomic mass is 32.2. The molecule has 1 aliphatic rings. The van der Waals surface area contributed by atoms with Crippen LogP contribution < -0.4 is 20.9 Å². The molecule has 0 saturated carbocycles. The van der Waals surface area contributed by atoms with Gasteiger partial charge < -0.3 is 31.1 Å². The van der Waals surface area contributed by atoms with Crippen molar-refractivity contribution in [3.8, 4) is 11.3 Å². The fraction of sp³-hybridized carbons (Fsp3) is 0.333. The van der Waals surface area contributed by atoms with Crippen LogP contribution in [0.15, 0.2) is 95.8 Å². The number of carbonyl (C=O) groups excluding carboxylic acids is 1. The zero-order valence-electron chi connectivity index (χ0n) is 37.4. The maximum Gasteiger partial charge on any atom is 0.253 e. The number of H-pyrrole nitrogens is 1. The summed E-state index contributed by atoms with van der Waals surface area (Å²) in [5, 5.41) is 48.0. The molecule has 0 bridgehead atoms. The van der Waals surface area contributed by atoms with E-state index in [1.165, 1.54) is 56.8 Å². The standard InChI is InChI=1S/C40H44F2N12O4S.C5H9NO/c1-23(2)16-29-34(24-19-45-46-20-24)44-22-53-37(29)48-38(50-53)47-31-12-10-27(18-30(31)41)59(57,58)26-9-7-8-25(17-26)40(55,56)54-15-14-52(21-39(54,3)4)32-13-11-28-35(33(32)42)51(6)49-36(28)43-5;1-2-3-4-6-5-7/h7-13,17-20,22-23,55-56H,14-16,21H2,1-6H3,(H,43,49)(H,45,46)(H,47,50);2,5H,1,3-4H2,(H,6,7). The van der Waals surface area contributed by atoms with Crippen molar-refractivity contribution in [2.45, 2.75) is 61.8 Å². The van der Waals surface area contributed by atoms with E-state index in [4.69, 9.17) is 0 Å². The van der Waals surface area contributed by atoms with Crippen LogP contribution in [0.2, 0.25) is 0 Å². The van der Waals surface area contributed by atoms with Gasteiger partial charge in [0, 0.05) is 74.1 Å². The Hall–Kier alpha value is -6.81. The van der Waals surface area contributed by atoms with E-state index in [1.807, 2.05) is 4.90 Å². The van der Waals surface area contributed by atoms with E-state index < -0.39 is 32.9 Å². The molecular weight excluding hydrogens is 873 g/mol. The number of aromatic amines is 1. The van der Waals surface area contributed by atoms with Crippen molar-refractivity contribution in [3.05, 3.63) is 109 Å². The SMILES string of the molecule is C=CCCNC=O.CNc1nn(C)c2c(F)c(N3CCN(C(O)(O)c4cccc(S(=O)(=O)c5ccc(Nc6nc7c(CC(C)C)c(-c8cn[nH]c8)ncn7n6)c(F)c5)c4)C(C)(C)C3)ccc12.